The number of benzene rings is 2. The zero-order valence-corrected chi connectivity index (χ0v) is 16.4. The molecule has 1 amide bonds. The Labute approximate surface area is 166 Å². The molecule has 7 heteroatoms. The summed E-state index contributed by atoms with van der Waals surface area (Å²) in [4.78, 5) is 19.7. The Hall–Kier alpha value is -3.06. The van der Waals surface area contributed by atoms with Crippen LogP contribution in [0.1, 0.15) is 28.7 Å². The zero-order chi connectivity index (χ0) is 19.7. The van der Waals surface area contributed by atoms with E-state index in [2.05, 4.69) is 10.1 Å². The van der Waals surface area contributed by atoms with E-state index < -0.39 is 0 Å². The third-order valence-corrected chi connectivity index (χ3v) is 5.46. The number of carbonyl (C=O) groups excluding carboxylic acids is 1. The Bertz CT molecular complexity index is 1140. The molecule has 5 nitrogen and oxygen atoms in total. The molecule has 4 aromatic rings. The molecule has 28 heavy (non-hydrogen) atoms. The van der Waals surface area contributed by atoms with E-state index in [1.54, 1.807) is 21.7 Å². The van der Waals surface area contributed by atoms with Crippen molar-refractivity contribution in [2.45, 2.75) is 26.9 Å². The lowest BCUT2D eigenvalue weighted by molar-refractivity contribution is 0.0975. The monoisotopic (exact) mass is 394 g/mol. The average molecular weight is 394 g/mol. The number of anilines is 1. The van der Waals surface area contributed by atoms with Gasteiger partial charge in [0.1, 0.15) is 11.5 Å². The number of rotatable bonds is 5. The third kappa shape index (κ3) is 3.53. The van der Waals surface area contributed by atoms with Gasteiger partial charge in [0.15, 0.2) is 5.13 Å². The van der Waals surface area contributed by atoms with Crippen molar-refractivity contribution < 1.29 is 9.18 Å². The second-order valence-electron chi connectivity index (χ2n) is 6.47. The van der Waals surface area contributed by atoms with Crippen molar-refractivity contribution in [2.75, 3.05) is 4.90 Å². The van der Waals surface area contributed by atoms with Crippen molar-refractivity contribution in [3.63, 3.8) is 0 Å². The van der Waals surface area contributed by atoms with Gasteiger partial charge in [-0.1, -0.05) is 41.7 Å². The van der Waals surface area contributed by atoms with E-state index in [9.17, 15) is 9.18 Å². The molecule has 0 bridgehead atoms. The van der Waals surface area contributed by atoms with E-state index >= 15 is 0 Å². The first-order valence-electron chi connectivity index (χ1n) is 9.01. The van der Waals surface area contributed by atoms with Gasteiger partial charge in [-0.25, -0.2) is 9.37 Å². The molecule has 0 aliphatic rings. The highest BCUT2D eigenvalue weighted by Gasteiger charge is 2.25. The minimum Gasteiger partial charge on any atom is -0.278 e. The van der Waals surface area contributed by atoms with Crippen LogP contribution in [0.25, 0.3) is 10.2 Å². The van der Waals surface area contributed by atoms with E-state index in [1.165, 1.54) is 23.5 Å². The molecule has 0 aliphatic heterocycles. The molecule has 0 saturated heterocycles. The Balaban J connectivity index is 1.79. The van der Waals surface area contributed by atoms with Crippen molar-refractivity contribution in [2.24, 2.45) is 0 Å². The largest absolute Gasteiger partial charge is 0.278 e. The summed E-state index contributed by atoms with van der Waals surface area (Å²) in [5.41, 5.74) is 2.96. The SMILES string of the molecule is CCn1nc(C)cc1C(=O)N(Cc1ccccc1)c1nc2ccc(F)cc2s1. The van der Waals surface area contributed by atoms with Gasteiger partial charge in [0.05, 0.1) is 22.5 Å². The summed E-state index contributed by atoms with van der Waals surface area (Å²) < 4.78 is 16.0. The predicted molar refractivity (Wildman–Crippen MR) is 109 cm³/mol. The molecule has 0 spiro atoms. The van der Waals surface area contributed by atoms with Gasteiger partial charge < -0.3 is 0 Å². The highest BCUT2D eigenvalue weighted by molar-refractivity contribution is 7.22. The van der Waals surface area contributed by atoms with E-state index in [0.29, 0.717) is 34.1 Å². The maximum atomic E-state index is 13.6. The molecule has 0 N–H and O–H groups in total. The third-order valence-electron chi connectivity index (χ3n) is 4.42. The fourth-order valence-corrected chi connectivity index (χ4v) is 4.08. The number of hydrogen-bond donors (Lipinski definition) is 0. The average Bonchev–Trinajstić information content (AvgIpc) is 3.29. The maximum absolute atomic E-state index is 13.6. The lowest BCUT2D eigenvalue weighted by Gasteiger charge is -2.20. The van der Waals surface area contributed by atoms with Crippen LogP contribution in [0.3, 0.4) is 0 Å². The molecule has 0 fully saturated rings. The molecule has 0 radical (unpaired) electrons. The molecule has 2 aromatic carbocycles. The Kier molecular flexibility index (Phi) is 4.92. The summed E-state index contributed by atoms with van der Waals surface area (Å²) >= 11 is 1.31. The highest BCUT2D eigenvalue weighted by atomic mass is 32.1. The number of thiazole rings is 1. The van der Waals surface area contributed by atoms with Gasteiger partial charge in [-0.05, 0) is 43.7 Å². The normalized spacial score (nSPS) is 11.1. The summed E-state index contributed by atoms with van der Waals surface area (Å²) in [7, 11) is 0. The van der Waals surface area contributed by atoms with Crippen LogP contribution >= 0.6 is 11.3 Å². The van der Waals surface area contributed by atoms with E-state index in [1.807, 2.05) is 44.2 Å². The summed E-state index contributed by atoms with van der Waals surface area (Å²) in [6, 6.07) is 16.0. The first-order chi connectivity index (χ1) is 13.5. The van der Waals surface area contributed by atoms with Crippen molar-refractivity contribution in [1.29, 1.82) is 0 Å². The summed E-state index contributed by atoms with van der Waals surface area (Å²) in [6.07, 6.45) is 0. The molecule has 0 unspecified atom stereocenters. The fraction of sp³-hybridized carbons (Fsp3) is 0.190. The van der Waals surface area contributed by atoms with Gasteiger partial charge in [-0.15, -0.1) is 0 Å². The highest BCUT2D eigenvalue weighted by Crippen LogP contribution is 2.31. The molecule has 142 valence electrons. The van der Waals surface area contributed by atoms with Crippen LogP contribution in [-0.4, -0.2) is 20.7 Å². The van der Waals surface area contributed by atoms with Gasteiger partial charge in [-0.3, -0.25) is 14.4 Å². The van der Waals surface area contributed by atoms with Crippen LogP contribution in [-0.2, 0) is 13.1 Å². The van der Waals surface area contributed by atoms with Crippen molar-refractivity contribution in [3.05, 3.63) is 77.4 Å². The van der Waals surface area contributed by atoms with Crippen molar-refractivity contribution >= 4 is 32.6 Å². The number of hydrogen-bond acceptors (Lipinski definition) is 4. The standard InChI is InChI=1S/C21H19FN4OS/c1-3-26-18(11-14(2)24-26)20(27)25(13-15-7-5-4-6-8-15)21-23-17-10-9-16(22)12-19(17)28-21/h4-12H,3,13H2,1-2H3. The molecule has 0 atom stereocenters. The van der Waals surface area contributed by atoms with Crippen LogP contribution in [0, 0.1) is 12.7 Å². The smallest absolute Gasteiger partial charge is 0.278 e. The number of aryl methyl sites for hydroxylation is 2. The number of fused-ring (bicyclic) bond motifs is 1. The van der Waals surface area contributed by atoms with E-state index in [4.69, 9.17) is 0 Å². The summed E-state index contributed by atoms with van der Waals surface area (Å²) in [6.45, 7) is 4.78. The van der Waals surface area contributed by atoms with Crippen LogP contribution in [0.5, 0.6) is 0 Å². The minimum atomic E-state index is -0.316. The fourth-order valence-electron chi connectivity index (χ4n) is 3.09. The predicted octanol–water partition coefficient (Wildman–Crippen LogP) is 4.81. The van der Waals surface area contributed by atoms with Crippen LogP contribution < -0.4 is 4.90 Å². The lowest BCUT2D eigenvalue weighted by atomic mass is 10.2. The van der Waals surface area contributed by atoms with Crippen LogP contribution in [0.4, 0.5) is 9.52 Å². The Morgan fingerprint density at radius 2 is 1.96 bits per heavy atom. The van der Waals surface area contributed by atoms with Crippen LogP contribution in [0.15, 0.2) is 54.6 Å². The lowest BCUT2D eigenvalue weighted by Crippen LogP contribution is -2.32. The molecule has 2 heterocycles. The zero-order valence-electron chi connectivity index (χ0n) is 15.6. The number of carbonyl (C=O) groups is 1. The van der Waals surface area contributed by atoms with Gasteiger partial charge in [0.25, 0.3) is 5.91 Å². The van der Waals surface area contributed by atoms with Gasteiger partial charge >= 0.3 is 0 Å². The van der Waals surface area contributed by atoms with Crippen LogP contribution in [0.2, 0.25) is 0 Å². The minimum absolute atomic E-state index is 0.175. The van der Waals surface area contributed by atoms with Gasteiger partial charge in [-0.2, -0.15) is 5.10 Å². The first-order valence-corrected chi connectivity index (χ1v) is 9.83. The topological polar surface area (TPSA) is 51.0 Å². The Morgan fingerprint density at radius 3 is 2.71 bits per heavy atom. The number of aromatic nitrogens is 3. The van der Waals surface area contributed by atoms with E-state index in [0.717, 1.165) is 11.3 Å². The quantitative estimate of drug-likeness (QED) is 0.488. The maximum Gasteiger partial charge on any atom is 0.278 e. The molecule has 2 aromatic heterocycles. The van der Waals surface area contributed by atoms with E-state index in [-0.39, 0.29) is 11.7 Å². The van der Waals surface area contributed by atoms with Gasteiger partial charge in [0, 0.05) is 6.54 Å². The summed E-state index contributed by atoms with van der Waals surface area (Å²) in [5.74, 6) is -0.492. The number of amides is 1. The second kappa shape index (κ2) is 7.52. The molecule has 4 rings (SSSR count). The number of halogens is 1. The van der Waals surface area contributed by atoms with Crippen molar-refractivity contribution in [1.82, 2.24) is 14.8 Å². The molecular formula is C21H19FN4OS. The molecule has 0 saturated carbocycles. The second-order valence-corrected chi connectivity index (χ2v) is 7.48. The Morgan fingerprint density at radius 1 is 1.18 bits per heavy atom. The molecule has 0 aliphatic carbocycles. The number of nitrogens with zero attached hydrogens (tertiary/aromatic N) is 4. The van der Waals surface area contributed by atoms with Crippen molar-refractivity contribution in [3.8, 4) is 0 Å². The first kappa shape index (κ1) is 18.3. The van der Waals surface area contributed by atoms with Gasteiger partial charge in [0.2, 0.25) is 0 Å². The molecular weight excluding hydrogens is 375 g/mol. The summed E-state index contributed by atoms with van der Waals surface area (Å²) in [5, 5.41) is 4.93.